The van der Waals surface area contributed by atoms with Crippen LogP contribution >= 0.6 is 0 Å². The van der Waals surface area contributed by atoms with E-state index in [1.54, 1.807) is 0 Å². The summed E-state index contributed by atoms with van der Waals surface area (Å²) in [4.78, 5) is 199. The number of hydrogen-bond acceptors (Lipinski definition) is 63. The zero-order valence-electron chi connectivity index (χ0n) is 65.6. The molecule has 0 fully saturated rings. The van der Waals surface area contributed by atoms with Crippen molar-refractivity contribution in [3.05, 3.63) is 0 Å². The summed E-state index contributed by atoms with van der Waals surface area (Å²) in [7, 11) is 0. The minimum Gasteiger partial charge on any atom is -0.547 e. The van der Waals surface area contributed by atoms with Crippen LogP contribution in [0.3, 0.4) is 0 Å². The van der Waals surface area contributed by atoms with Gasteiger partial charge in [0.25, 0.3) is 0 Å². The number of carboxylic acids is 10. The Bertz CT molecular complexity index is 2630. The fourth-order valence-corrected chi connectivity index (χ4v) is 6.13. The second-order valence-corrected chi connectivity index (χ2v) is 23.9. The summed E-state index contributed by atoms with van der Waals surface area (Å²) >= 11 is 0. The normalized spacial score (nSPS) is 19.7. The van der Waals surface area contributed by atoms with E-state index >= 15 is 0 Å². The first kappa shape index (κ1) is 149. The van der Waals surface area contributed by atoms with Crippen molar-refractivity contribution in [3.8, 4) is 0 Å². The zero-order chi connectivity index (χ0) is 106. The van der Waals surface area contributed by atoms with Gasteiger partial charge >= 0.3 is 110 Å². The minimum absolute atomic E-state index is 0. The van der Waals surface area contributed by atoms with Crippen LogP contribution in [0.2, 0.25) is 0 Å². The predicted octanol–water partition coefficient (Wildman–Crippen LogP) is -39.9. The van der Waals surface area contributed by atoms with Gasteiger partial charge in [0.1, 0.15) is 201 Å². The molecule has 1 radical (unpaired) electrons. The molecule has 132 heavy (non-hydrogen) atoms. The Morgan fingerprint density at radius 1 is 0.144 bits per heavy atom. The SMILES string of the molecule is O=C[C@H](O)[C@@H](O)[C@@H](O)[C@H](O)C(=O)O.O=C[C@H](O)[C@@H](O)[C@@H](O)[C@H](O)C(=O)O.O=C[C@H](O)[C@@H](O)[C@@H](O)[C@H](O)C(=O)O.O=C[C@H](O)[C@@H](O)[C@@H](O)[C@H](O)C(=O)O.O=C[C@H](O)[C@@H](O)[C@@H](O)[C@H](O)C(=O)O.O=C[C@H](O)[C@@H](O)[C@@H](O)[C@H](O)C(=O)O.O=C[C@H](O)[C@@H](O)[C@@H](O)[C@H](O)C(=O)O.O=C[C@H](O)[C@@H](O)[C@@H](O)[C@H](O)C(=O)[O-].O=C[C@H](O)[C@@H](O)[C@@H](O)[C@H](O)C(=O)[O-].O=C[C@H](O)[C@@H](O)[C@@H](O)[C@H](O)C(=O)[O-].[Co+2].[K+]. The number of aliphatic hydroxyl groups is 40. The van der Waals surface area contributed by atoms with Gasteiger partial charge in [-0.3, -0.25) is 0 Å². The van der Waals surface area contributed by atoms with Crippen molar-refractivity contribution < 1.29 is 419 Å². The Hall–Kier alpha value is -8.06. The number of aliphatic hydroxyl groups excluding tert-OH is 40. The van der Waals surface area contributed by atoms with E-state index in [0.717, 1.165) is 0 Å². The average molecular weight is 2040 g/mol. The first-order valence-corrected chi connectivity index (χ1v) is 33.1. The Balaban J connectivity index is -0.000000121. The van der Waals surface area contributed by atoms with Crippen LogP contribution in [0.4, 0.5) is 0 Å². The fourth-order valence-electron chi connectivity index (χ4n) is 6.13. The van der Waals surface area contributed by atoms with Crippen molar-refractivity contribution in [1.82, 2.24) is 0 Å². The molecule has 767 valence electrons. The number of rotatable bonds is 50. The molecule has 0 rings (SSSR count). The molecule has 0 unspecified atom stereocenters. The number of carbonyl (C=O) groups is 20. The molecule has 0 heterocycles. The molecule has 0 aromatic carbocycles. The third-order valence-electron chi connectivity index (χ3n) is 14.1. The molecule has 0 aliphatic carbocycles. The van der Waals surface area contributed by atoms with Gasteiger partial charge < -0.3 is 318 Å². The second-order valence-electron chi connectivity index (χ2n) is 23.9. The Kier molecular flexibility index (Phi) is 89.7. The molecule has 0 aromatic heterocycles. The molecule has 0 bridgehead atoms. The maximum absolute atomic E-state index is 10.1. The molecule has 0 aliphatic heterocycles. The van der Waals surface area contributed by atoms with Gasteiger partial charge in [-0.1, -0.05) is 0 Å². The number of hydrogen-bond donors (Lipinski definition) is 47. The summed E-state index contributed by atoms with van der Waals surface area (Å²) in [5.74, 6) is -18.3. The van der Waals surface area contributed by atoms with Gasteiger partial charge in [-0.25, -0.2) is 33.6 Å². The number of aliphatic carboxylic acids is 10. The third kappa shape index (κ3) is 60.3. The molecule has 0 aromatic rings. The van der Waals surface area contributed by atoms with Gasteiger partial charge in [0.15, 0.2) is 106 Å². The van der Waals surface area contributed by atoms with Gasteiger partial charge in [-0.2, -0.15) is 0 Å². The van der Waals surface area contributed by atoms with E-state index in [9.17, 15) is 111 Å². The molecule has 0 saturated heterocycles. The van der Waals surface area contributed by atoms with Crippen LogP contribution in [0.15, 0.2) is 0 Å². The molecule has 0 amide bonds. The van der Waals surface area contributed by atoms with Crippen molar-refractivity contribution in [3.63, 3.8) is 0 Å². The predicted molar refractivity (Wildman–Crippen MR) is 369 cm³/mol. The van der Waals surface area contributed by atoms with E-state index in [-0.39, 0.29) is 131 Å². The van der Waals surface area contributed by atoms with E-state index in [1.807, 2.05) is 0 Å². The van der Waals surface area contributed by atoms with Gasteiger partial charge in [0.05, 0.1) is 17.9 Å². The molecular weight excluding hydrogens is 1940 g/mol. The molecule has 0 saturated carbocycles. The van der Waals surface area contributed by atoms with Gasteiger partial charge in [0.2, 0.25) is 0 Å². The minimum atomic E-state index is -2.36. The molecular formula is C60H97CoKO70. The summed E-state index contributed by atoms with van der Waals surface area (Å²) in [5, 5.41) is 437. The maximum atomic E-state index is 10.1. The summed E-state index contributed by atoms with van der Waals surface area (Å²) < 4.78 is 0. The van der Waals surface area contributed by atoms with E-state index in [0.29, 0.717) is 0 Å². The van der Waals surface area contributed by atoms with Crippen molar-refractivity contribution in [2.75, 3.05) is 0 Å². The topological polar surface area (TPSA) is 1360 Å². The number of aldehydes is 10. The Labute approximate surface area is 782 Å². The van der Waals surface area contributed by atoms with Gasteiger partial charge in [-0.05, 0) is 0 Å². The van der Waals surface area contributed by atoms with Crippen LogP contribution in [0.5, 0.6) is 0 Å². The van der Waals surface area contributed by atoms with E-state index in [1.165, 1.54) is 0 Å². The summed E-state index contributed by atoms with van der Waals surface area (Å²) in [5.41, 5.74) is 0. The molecule has 47 N–H and O–H groups in total. The first-order valence-electron chi connectivity index (χ1n) is 33.1. The largest absolute Gasteiger partial charge is 2.00 e. The average Bonchev–Trinajstić information content (AvgIpc) is 0.955. The van der Waals surface area contributed by atoms with Gasteiger partial charge in [-0.15, -0.1) is 0 Å². The van der Waals surface area contributed by atoms with Crippen LogP contribution in [-0.4, -0.2) is 607 Å². The van der Waals surface area contributed by atoms with Crippen molar-refractivity contribution in [1.29, 1.82) is 0 Å². The number of carboxylic acid groups (broad SMARTS) is 10. The molecule has 40 atom stereocenters. The zero-order valence-corrected chi connectivity index (χ0v) is 69.8. The smallest absolute Gasteiger partial charge is 0.547 e. The standard InChI is InChI=1S/10C6H10O7.Co.K/c10*7-1-2(8)3(9)4(10)5(11)6(12)13;;/h10*1-5,8-11H,(H,12,13);;/q;;;;;;;;;;+2;+1/p-3/t10*2-,3+,4+,5-;;/m0000000000../s1. The van der Waals surface area contributed by atoms with Crippen molar-refractivity contribution in [2.45, 2.75) is 244 Å². The number of carbonyl (C=O) groups excluding carboxylic acids is 13. The summed E-state index contributed by atoms with van der Waals surface area (Å²) in [6.07, 6.45) is -84.7. The van der Waals surface area contributed by atoms with Crippen molar-refractivity contribution >= 4 is 123 Å². The molecule has 0 aliphatic rings. The quantitative estimate of drug-likeness (QED) is 0.0199. The first-order chi connectivity index (χ1) is 59.1. The van der Waals surface area contributed by atoms with Crippen LogP contribution < -0.4 is 66.7 Å². The van der Waals surface area contributed by atoms with Crippen LogP contribution in [-0.2, 0) is 113 Å². The van der Waals surface area contributed by atoms with Crippen LogP contribution in [0.1, 0.15) is 0 Å². The maximum Gasteiger partial charge on any atom is 2.00 e. The van der Waals surface area contributed by atoms with Crippen molar-refractivity contribution in [2.24, 2.45) is 0 Å². The van der Waals surface area contributed by atoms with E-state index in [2.05, 4.69) is 0 Å². The van der Waals surface area contributed by atoms with Gasteiger partial charge in [0, 0.05) is 0 Å². The van der Waals surface area contributed by atoms with E-state index in [4.69, 9.17) is 240 Å². The van der Waals surface area contributed by atoms with E-state index < -0.39 is 304 Å². The molecule has 70 nitrogen and oxygen atoms in total. The fraction of sp³-hybridized carbons (Fsp3) is 0.667. The monoisotopic (exact) mass is 2040 g/mol. The Morgan fingerprint density at radius 3 is 0.250 bits per heavy atom. The summed E-state index contributed by atoms with van der Waals surface area (Å²) in [6, 6.07) is 0. The van der Waals surface area contributed by atoms with Crippen LogP contribution in [0.25, 0.3) is 0 Å². The summed E-state index contributed by atoms with van der Waals surface area (Å²) in [6.45, 7) is 0. The third-order valence-corrected chi connectivity index (χ3v) is 14.1. The second kappa shape index (κ2) is 79.2. The molecule has 0 spiro atoms. The Morgan fingerprint density at radius 2 is 0.205 bits per heavy atom. The molecule has 72 heteroatoms. The van der Waals surface area contributed by atoms with Crippen LogP contribution in [0, 0.1) is 0 Å².